The lowest BCUT2D eigenvalue weighted by Gasteiger charge is -2.31. The number of rotatable bonds is 5. The zero-order valence-electron chi connectivity index (χ0n) is 14.6. The largest absolute Gasteiger partial charge is 0.386 e. The van der Waals surface area contributed by atoms with Gasteiger partial charge in [0.25, 0.3) is 0 Å². The smallest absolute Gasteiger partial charge is 0.222 e. The number of halogens is 1. The quantitative estimate of drug-likeness (QED) is 0.890. The van der Waals surface area contributed by atoms with E-state index in [0.717, 1.165) is 29.0 Å². The van der Waals surface area contributed by atoms with E-state index in [-0.39, 0.29) is 18.5 Å². The summed E-state index contributed by atoms with van der Waals surface area (Å²) in [5.41, 5.74) is 4.23. The number of aliphatic hydroxyl groups excluding tert-OH is 1. The van der Waals surface area contributed by atoms with Crippen molar-refractivity contribution in [3.05, 3.63) is 63.9 Å². The molecule has 4 nitrogen and oxygen atoms in total. The van der Waals surface area contributed by atoms with Gasteiger partial charge in [0.1, 0.15) is 0 Å². The van der Waals surface area contributed by atoms with Crippen molar-refractivity contribution in [2.45, 2.75) is 45.3 Å². The van der Waals surface area contributed by atoms with Crippen LogP contribution in [-0.2, 0) is 17.6 Å². The van der Waals surface area contributed by atoms with Gasteiger partial charge in [0.15, 0.2) is 0 Å². The first-order valence-corrected chi connectivity index (χ1v) is 9.02. The molecule has 2 aromatic rings. The molecular weight excluding hydrogens is 336 g/mol. The van der Waals surface area contributed by atoms with Crippen LogP contribution >= 0.6 is 11.6 Å². The van der Waals surface area contributed by atoms with E-state index in [9.17, 15) is 9.90 Å². The van der Waals surface area contributed by atoms with Gasteiger partial charge in [-0.15, -0.1) is 0 Å². The molecule has 0 radical (unpaired) electrons. The molecule has 132 valence electrons. The van der Waals surface area contributed by atoms with Crippen molar-refractivity contribution in [2.24, 2.45) is 0 Å². The summed E-state index contributed by atoms with van der Waals surface area (Å²) in [6.07, 6.45) is 4.58. The Balaban J connectivity index is 1.79. The number of aromatic nitrogens is 1. The summed E-state index contributed by atoms with van der Waals surface area (Å²) < 4.78 is 0. The summed E-state index contributed by atoms with van der Waals surface area (Å²) in [7, 11) is 0. The zero-order chi connectivity index (χ0) is 18.0. The van der Waals surface area contributed by atoms with Gasteiger partial charge >= 0.3 is 0 Å². The summed E-state index contributed by atoms with van der Waals surface area (Å²) in [4.78, 5) is 18.4. The Bertz CT molecular complexity index is 733. The molecule has 1 aliphatic carbocycles. The highest BCUT2D eigenvalue weighted by Crippen LogP contribution is 2.31. The van der Waals surface area contributed by atoms with Gasteiger partial charge in [-0.05, 0) is 48.6 Å². The van der Waals surface area contributed by atoms with Crippen LogP contribution in [0, 0.1) is 6.92 Å². The Hall–Kier alpha value is -1.91. The fraction of sp³-hybridized carbons (Fsp3) is 0.400. The molecule has 3 rings (SSSR count). The number of carbonyl (C=O) groups is 1. The summed E-state index contributed by atoms with van der Waals surface area (Å²) in [5.74, 6) is 0.0589. The Morgan fingerprint density at radius 3 is 2.76 bits per heavy atom. The molecule has 1 amide bonds. The molecule has 2 atom stereocenters. The van der Waals surface area contributed by atoms with Crippen LogP contribution in [0.4, 0.5) is 0 Å². The van der Waals surface area contributed by atoms with Gasteiger partial charge in [-0.1, -0.05) is 30.7 Å². The summed E-state index contributed by atoms with van der Waals surface area (Å²) in [6, 6.07) is 7.81. The number of aryl methyl sites for hydroxylation is 1. The number of hydrogen-bond donors (Lipinski definition) is 1. The first kappa shape index (κ1) is 17.9. The summed E-state index contributed by atoms with van der Waals surface area (Å²) in [5, 5.41) is 11.3. The van der Waals surface area contributed by atoms with E-state index >= 15 is 0 Å². The molecule has 0 saturated carbocycles. The highest BCUT2D eigenvalue weighted by Gasteiger charge is 2.31. The second kappa shape index (κ2) is 7.54. The Morgan fingerprint density at radius 2 is 2.12 bits per heavy atom. The molecule has 1 N–H and O–H groups in total. The van der Waals surface area contributed by atoms with Crippen molar-refractivity contribution in [1.82, 2.24) is 9.88 Å². The van der Waals surface area contributed by atoms with Gasteiger partial charge in [-0.2, -0.15) is 0 Å². The molecule has 1 heterocycles. The van der Waals surface area contributed by atoms with E-state index in [4.69, 9.17) is 11.6 Å². The fourth-order valence-electron chi connectivity index (χ4n) is 3.49. The molecule has 0 fully saturated rings. The van der Waals surface area contributed by atoms with Crippen molar-refractivity contribution in [2.75, 3.05) is 6.54 Å². The number of carbonyl (C=O) groups excluding carboxylic acids is 1. The molecule has 0 aliphatic heterocycles. The molecular formula is C20H23ClN2O2. The van der Waals surface area contributed by atoms with Crippen LogP contribution in [0.2, 0.25) is 5.02 Å². The third-order valence-corrected chi connectivity index (χ3v) is 5.30. The van der Waals surface area contributed by atoms with E-state index in [1.54, 1.807) is 18.5 Å². The maximum Gasteiger partial charge on any atom is 0.222 e. The molecule has 1 aromatic carbocycles. The maximum atomic E-state index is 12.5. The number of hydrogen-bond acceptors (Lipinski definition) is 3. The molecule has 0 saturated heterocycles. The Morgan fingerprint density at radius 1 is 1.40 bits per heavy atom. The highest BCUT2D eigenvalue weighted by molar-refractivity contribution is 6.31. The standard InChI is InChI=1S/C20H23ClN2O2/c1-3-20(25)23(12-19(24)14-5-4-6-22-11-14)17-8-15-7-13(2)18(21)10-16(15)9-17/h4-7,10-11,17,19,24H,3,8-9,12H2,1-2H3. The van der Waals surface area contributed by atoms with Gasteiger partial charge < -0.3 is 10.0 Å². The first-order chi connectivity index (χ1) is 12.0. The Labute approximate surface area is 153 Å². The van der Waals surface area contributed by atoms with Crippen molar-refractivity contribution in [3.63, 3.8) is 0 Å². The van der Waals surface area contributed by atoms with Crippen molar-refractivity contribution >= 4 is 17.5 Å². The fourth-order valence-corrected chi connectivity index (χ4v) is 3.67. The zero-order valence-corrected chi connectivity index (χ0v) is 15.3. The van der Waals surface area contributed by atoms with Crippen LogP contribution in [0.15, 0.2) is 36.7 Å². The topological polar surface area (TPSA) is 53.4 Å². The van der Waals surface area contributed by atoms with E-state index in [2.05, 4.69) is 11.1 Å². The molecule has 1 aromatic heterocycles. The SMILES string of the molecule is CCC(=O)N(CC(O)c1cccnc1)C1Cc2cc(C)c(Cl)cc2C1. The monoisotopic (exact) mass is 358 g/mol. The molecule has 2 unspecified atom stereocenters. The van der Waals surface area contributed by atoms with Gasteiger partial charge in [0.05, 0.1) is 12.6 Å². The number of amides is 1. The molecule has 0 spiro atoms. The van der Waals surface area contributed by atoms with Crippen molar-refractivity contribution < 1.29 is 9.90 Å². The number of benzene rings is 1. The number of aliphatic hydroxyl groups is 1. The van der Waals surface area contributed by atoms with E-state index in [1.807, 2.05) is 30.9 Å². The van der Waals surface area contributed by atoms with Crippen molar-refractivity contribution in [1.29, 1.82) is 0 Å². The van der Waals surface area contributed by atoms with Crippen LogP contribution in [0.5, 0.6) is 0 Å². The second-order valence-electron chi connectivity index (χ2n) is 6.63. The number of pyridine rings is 1. The first-order valence-electron chi connectivity index (χ1n) is 8.65. The Kier molecular flexibility index (Phi) is 5.40. The minimum atomic E-state index is -0.738. The average Bonchev–Trinajstić information content (AvgIpc) is 3.02. The van der Waals surface area contributed by atoms with Crippen LogP contribution in [0.25, 0.3) is 0 Å². The predicted octanol–water partition coefficient (Wildman–Crippen LogP) is 3.48. The third kappa shape index (κ3) is 3.86. The minimum absolute atomic E-state index is 0.0589. The lowest BCUT2D eigenvalue weighted by atomic mass is 10.1. The molecule has 0 bridgehead atoms. The minimum Gasteiger partial charge on any atom is -0.386 e. The highest BCUT2D eigenvalue weighted by atomic mass is 35.5. The lowest BCUT2D eigenvalue weighted by molar-refractivity contribution is -0.134. The molecule has 5 heteroatoms. The lowest BCUT2D eigenvalue weighted by Crippen LogP contribution is -2.43. The summed E-state index contributed by atoms with van der Waals surface area (Å²) in [6.45, 7) is 4.13. The maximum absolute atomic E-state index is 12.5. The summed E-state index contributed by atoms with van der Waals surface area (Å²) >= 11 is 6.25. The van der Waals surface area contributed by atoms with Crippen molar-refractivity contribution in [3.8, 4) is 0 Å². The number of nitrogens with zero attached hydrogens (tertiary/aromatic N) is 2. The van der Waals surface area contributed by atoms with Gasteiger partial charge in [-0.3, -0.25) is 9.78 Å². The predicted molar refractivity (Wildman–Crippen MR) is 98.6 cm³/mol. The van der Waals surface area contributed by atoms with E-state index in [0.29, 0.717) is 6.42 Å². The van der Waals surface area contributed by atoms with Crippen LogP contribution in [0.1, 0.15) is 41.7 Å². The normalized spacial score (nSPS) is 17.2. The van der Waals surface area contributed by atoms with Crippen LogP contribution < -0.4 is 0 Å². The molecule has 1 aliphatic rings. The van der Waals surface area contributed by atoms with Crippen LogP contribution in [-0.4, -0.2) is 33.5 Å². The van der Waals surface area contributed by atoms with Gasteiger partial charge in [-0.25, -0.2) is 0 Å². The second-order valence-corrected chi connectivity index (χ2v) is 7.04. The van der Waals surface area contributed by atoms with Gasteiger partial charge in [0, 0.05) is 35.4 Å². The molecule has 25 heavy (non-hydrogen) atoms. The number of fused-ring (bicyclic) bond motifs is 1. The van der Waals surface area contributed by atoms with Crippen LogP contribution in [0.3, 0.4) is 0 Å². The van der Waals surface area contributed by atoms with Gasteiger partial charge in [0.2, 0.25) is 5.91 Å². The van der Waals surface area contributed by atoms with E-state index < -0.39 is 6.10 Å². The average molecular weight is 359 g/mol. The third-order valence-electron chi connectivity index (χ3n) is 4.89. The van der Waals surface area contributed by atoms with E-state index in [1.165, 1.54) is 11.1 Å².